The van der Waals surface area contributed by atoms with Crippen LogP contribution in [-0.4, -0.2) is 43.8 Å². The van der Waals surface area contributed by atoms with Crippen LogP contribution in [0.25, 0.3) is 11.2 Å². The lowest BCUT2D eigenvalue weighted by Crippen LogP contribution is -2.45. The fraction of sp³-hybridized carbons (Fsp3) is 0.500. The average molecular weight is 454 g/mol. The molecule has 0 spiro atoms. The second-order valence-corrected chi connectivity index (χ2v) is 8.98. The zero-order chi connectivity index (χ0) is 23.4. The lowest BCUT2D eigenvalue weighted by Gasteiger charge is -2.14. The summed E-state index contributed by atoms with van der Waals surface area (Å²) in [5.74, 6) is 0.0621. The van der Waals surface area contributed by atoms with Crippen molar-refractivity contribution in [2.45, 2.75) is 58.8 Å². The van der Waals surface area contributed by atoms with Gasteiger partial charge in [0.1, 0.15) is 6.54 Å². The summed E-state index contributed by atoms with van der Waals surface area (Å²) in [5.41, 5.74) is 0.558. The minimum atomic E-state index is -0.544. The van der Waals surface area contributed by atoms with Crippen LogP contribution >= 0.6 is 0 Å². The quantitative estimate of drug-likeness (QED) is 0.532. The van der Waals surface area contributed by atoms with Crippen LogP contribution in [0.3, 0.4) is 0 Å². The van der Waals surface area contributed by atoms with E-state index in [1.807, 2.05) is 30.3 Å². The number of carbonyl (C=O) groups excluding carboxylic acids is 1. The Morgan fingerprint density at radius 2 is 2.00 bits per heavy atom. The Kier molecular flexibility index (Phi) is 7.08. The third-order valence-electron chi connectivity index (χ3n) is 5.97. The van der Waals surface area contributed by atoms with Gasteiger partial charge in [-0.3, -0.25) is 14.2 Å². The van der Waals surface area contributed by atoms with Crippen LogP contribution in [-0.2, 0) is 29.2 Å². The van der Waals surface area contributed by atoms with Crippen LogP contribution < -0.4 is 16.6 Å². The summed E-state index contributed by atoms with van der Waals surface area (Å²) in [7, 11) is 0. The van der Waals surface area contributed by atoms with Gasteiger partial charge in [-0.15, -0.1) is 0 Å². The lowest BCUT2D eigenvalue weighted by atomic mass is 10.1. The van der Waals surface area contributed by atoms with Crippen LogP contribution in [0, 0.1) is 5.92 Å². The van der Waals surface area contributed by atoms with Gasteiger partial charge in [-0.25, -0.2) is 14.3 Å². The molecule has 2 aromatic heterocycles. The highest BCUT2D eigenvalue weighted by Crippen LogP contribution is 2.13. The van der Waals surface area contributed by atoms with E-state index in [1.165, 1.54) is 4.57 Å². The van der Waals surface area contributed by atoms with Crippen LogP contribution in [0.4, 0.5) is 0 Å². The van der Waals surface area contributed by atoms with Crippen LogP contribution in [0.15, 0.2) is 46.2 Å². The van der Waals surface area contributed by atoms with Gasteiger partial charge in [0.15, 0.2) is 11.2 Å². The highest BCUT2D eigenvalue weighted by Gasteiger charge is 2.21. The fourth-order valence-corrected chi connectivity index (χ4v) is 4.09. The number of imidazole rings is 1. The first kappa shape index (κ1) is 23.0. The Morgan fingerprint density at radius 1 is 1.21 bits per heavy atom. The molecule has 0 radical (unpaired) electrons. The molecule has 33 heavy (non-hydrogen) atoms. The van der Waals surface area contributed by atoms with Gasteiger partial charge in [0.25, 0.3) is 5.56 Å². The third-order valence-corrected chi connectivity index (χ3v) is 5.97. The number of amides is 1. The number of ether oxygens (including phenoxy) is 1. The van der Waals surface area contributed by atoms with Crippen molar-refractivity contribution in [3.63, 3.8) is 0 Å². The largest absolute Gasteiger partial charge is 0.376 e. The number of benzene rings is 1. The number of aryl methyl sites for hydroxylation is 1. The van der Waals surface area contributed by atoms with Crippen molar-refractivity contribution in [1.82, 2.24) is 24.0 Å². The second kappa shape index (κ2) is 10.2. The van der Waals surface area contributed by atoms with E-state index in [4.69, 9.17) is 4.74 Å². The summed E-state index contributed by atoms with van der Waals surface area (Å²) in [6.45, 7) is 5.82. The zero-order valence-electron chi connectivity index (χ0n) is 19.2. The summed E-state index contributed by atoms with van der Waals surface area (Å²) in [4.78, 5) is 43.8. The normalized spacial score (nSPS) is 16.0. The van der Waals surface area contributed by atoms with Crippen LogP contribution in [0.5, 0.6) is 0 Å². The summed E-state index contributed by atoms with van der Waals surface area (Å²) < 4.78 is 9.82. The van der Waals surface area contributed by atoms with Crippen molar-refractivity contribution in [2.24, 2.45) is 5.92 Å². The minimum absolute atomic E-state index is 0.0136. The van der Waals surface area contributed by atoms with Crippen LogP contribution in [0.2, 0.25) is 0 Å². The van der Waals surface area contributed by atoms with Crippen molar-refractivity contribution in [3.8, 4) is 0 Å². The highest BCUT2D eigenvalue weighted by atomic mass is 16.5. The first-order valence-corrected chi connectivity index (χ1v) is 11.5. The molecule has 9 heteroatoms. The van der Waals surface area contributed by atoms with Gasteiger partial charge in [0.05, 0.1) is 19.0 Å². The smallest absolute Gasteiger partial charge is 0.333 e. The Bertz CT molecular complexity index is 1220. The van der Waals surface area contributed by atoms with Gasteiger partial charge in [-0.2, -0.15) is 0 Å². The molecular weight excluding hydrogens is 422 g/mol. The molecular formula is C24H31N5O4. The number of fused-ring (bicyclic) bond motifs is 1. The van der Waals surface area contributed by atoms with Gasteiger partial charge in [-0.05, 0) is 30.7 Å². The Morgan fingerprint density at radius 3 is 2.70 bits per heavy atom. The first-order valence-electron chi connectivity index (χ1n) is 11.5. The van der Waals surface area contributed by atoms with Crippen molar-refractivity contribution < 1.29 is 9.53 Å². The average Bonchev–Trinajstić information content (AvgIpc) is 3.47. The molecule has 1 aliphatic rings. The second-order valence-electron chi connectivity index (χ2n) is 8.98. The number of aromatic nitrogens is 4. The van der Waals surface area contributed by atoms with Crippen LogP contribution in [0.1, 0.15) is 38.7 Å². The van der Waals surface area contributed by atoms with Gasteiger partial charge in [0, 0.05) is 19.7 Å². The molecule has 9 nitrogen and oxygen atoms in total. The predicted octanol–water partition coefficient (Wildman–Crippen LogP) is 1.75. The molecule has 1 atom stereocenters. The van der Waals surface area contributed by atoms with E-state index in [0.717, 1.165) is 29.4 Å². The number of carbonyl (C=O) groups is 1. The van der Waals surface area contributed by atoms with Gasteiger partial charge < -0.3 is 14.6 Å². The Hall–Kier alpha value is -3.20. The Balaban J connectivity index is 1.70. The van der Waals surface area contributed by atoms with E-state index in [2.05, 4.69) is 24.1 Å². The standard InChI is InChI=1S/C24H31N5O4/c1-17(2)10-11-27-16-26-22-21(27)23(31)29(15-20(30)25-13-19-9-6-12-33-19)24(32)28(22)14-18-7-4-3-5-8-18/h3-5,7-8,16-17,19H,6,9-15H2,1-2H3,(H,25,30). The molecule has 3 heterocycles. The van der Waals surface area contributed by atoms with E-state index in [0.29, 0.717) is 36.8 Å². The molecule has 1 unspecified atom stereocenters. The molecule has 0 bridgehead atoms. The number of nitrogens with one attached hydrogen (secondary N) is 1. The monoisotopic (exact) mass is 453 g/mol. The van der Waals surface area contributed by atoms with E-state index < -0.39 is 11.2 Å². The fourth-order valence-electron chi connectivity index (χ4n) is 4.09. The topological polar surface area (TPSA) is 100 Å². The van der Waals surface area contributed by atoms with Crippen molar-refractivity contribution >= 4 is 17.1 Å². The van der Waals surface area contributed by atoms with Gasteiger partial charge in [0.2, 0.25) is 5.91 Å². The summed E-state index contributed by atoms with van der Waals surface area (Å²) in [6, 6.07) is 9.53. The molecule has 1 amide bonds. The molecule has 176 valence electrons. The van der Waals surface area contributed by atoms with E-state index in [9.17, 15) is 14.4 Å². The number of hydrogen-bond acceptors (Lipinski definition) is 5. The zero-order valence-corrected chi connectivity index (χ0v) is 19.2. The third kappa shape index (κ3) is 5.24. The molecule has 3 aromatic rings. The lowest BCUT2D eigenvalue weighted by molar-refractivity contribution is -0.122. The van der Waals surface area contributed by atoms with E-state index in [1.54, 1.807) is 10.9 Å². The summed E-state index contributed by atoms with van der Waals surface area (Å²) in [5, 5.41) is 2.80. The molecule has 1 saturated heterocycles. The Labute approximate surface area is 192 Å². The molecule has 0 saturated carbocycles. The van der Waals surface area contributed by atoms with E-state index in [-0.39, 0.29) is 25.1 Å². The summed E-state index contributed by atoms with van der Waals surface area (Å²) in [6.07, 6.45) is 4.33. The maximum atomic E-state index is 13.4. The summed E-state index contributed by atoms with van der Waals surface area (Å²) >= 11 is 0. The minimum Gasteiger partial charge on any atom is -0.376 e. The predicted molar refractivity (Wildman–Crippen MR) is 125 cm³/mol. The number of hydrogen-bond donors (Lipinski definition) is 1. The number of rotatable bonds is 9. The molecule has 1 aliphatic heterocycles. The SMILES string of the molecule is CC(C)CCn1cnc2c1c(=O)n(CC(=O)NCC1CCCO1)c(=O)n2Cc1ccccc1. The molecule has 1 fully saturated rings. The molecule has 0 aliphatic carbocycles. The molecule has 4 rings (SSSR count). The highest BCUT2D eigenvalue weighted by molar-refractivity contribution is 5.76. The number of nitrogens with zero attached hydrogens (tertiary/aromatic N) is 4. The first-order chi connectivity index (χ1) is 15.9. The van der Waals surface area contributed by atoms with Crippen molar-refractivity contribution in [1.29, 1.82) is 0 Å². The maximum Gasteiger partial charge on any atom is 0.333 e. The van der Waals surface area contributed by atoms with Crippen molar-refractivity contribution in [2.75, 3.05) is 13.2 Å². The van der Waals surface area contributed by atoms with E-state index >= 15 is 0 Å². The van der Waals surface area contributed by atoms with Gasteiger partial charge in [-0.1, -0.05) is 44.2 Å². The molecule has 1 aromatic carbocycles. The maximum absolute atomic E-state index is 13.4. The van der Waals surface area contributed by atoms with Crippen molar-refractivity contribution in [3.05, 3.63) is 63.1 Å². The van der Waals surface area contributed by atoms with Gasteiger partial charge >= 0.3 is 5.69 Å². The molecule has 1 N–H and O–H groups in total.